The quantitative estimate of drug-likeness (QED) is 0.590. The fourth-order valence-electron chi connectivity index (χ4n) is 5.62. The van der Waals surface area contributed by atoms with Crippen LogP contribution in [0.5, 0.6) is 0 Å². The number of carbonyl (C=O) groups excluding carboxylic acids is 1. The van der Waals surface area contributed by atoms with Gasteiger partial charge in [0.1, 0.15) is 17.0 Å². The summed E-state index contributed by atoms with van der Waals surface area (Å²) in [5.41, 5.74) is 6.09. The highest BCUT2D eigenvalue weighted by molar-refractivity contribution is 5.89. The van der Waals surface area contributed by atoms with Crippen LogP contribution in [0.25, 0.3) is 11.8 Å². The number of hydrogen-bond acceptors (Lipinski definition) is 3. The lowest BCUT2D eigenvalue weighted by molar-refractivity contribution is -0.114. The van der Waals surface area contributed by atoms with Crippen molar-refractivity contribution in [3.8, 4) is 5.69 Å². The van der Waals surface area contributed by atoms with E-state index in [1.807, 2.05) is 29.1 Å². The number of ether oxygens (including phenoxy) is 1. The van der Waals surface area contributed by atoms with Gasteiger partial charge in [0.25, 0.3) is 0 Å². The Morgan fingerprint density at radius 3 is 2.84 bits per heavy atom. The van der Waals surface area contributed by atoms with E-state index in [9.17, 15) is 9.18 Å². The molecule has 1 spiro atoms. The molecule has 3 aliphatic rings. The number of fused-ring (bicyclic) bond motifs is 1. The van der Waals surface area contributed by atoms with Crippen molar-refractivity contribution >= 4 is 17.7 Å². The molecule has 2 fully saturated rings. The van der Waals surface area contributed by atoms with Gasteiger partial charge >= 0.3 is 0 Å². The third kappa shape index (κ3) is 2.86. The Bertz CT molecular complexity index is 1260. The summed E-state index contributed by atoms with van der Waals surface area (Å²) >= 11 is 0. The van der Waals surface area contributed by atoms with Crippen LogP contribution in [0.15, 0.2) is 60.3 Å². The highest BCUT2D eigenvalue weighted by atomic mass is 19.1. The van der Waals surface area contributed by atoms with Gasteiger partial charge in [0.15, 0.2) is 0 Å². The maximum Gasteiger partial charge on any atom is 0.221 e. The minimum Gasteiger partial charge on any atom is -0.357 e. The number of hydrogen-bond donors (Lipinski definition) is 1. The van der Waals surface area contributed by atoms with Crippen LogP contribution in [-0.4, -0.2) is 26.9 Å². The standard InChI is InChI=1S/C26H24FN3O2/c1-17(31)29-23-5-3-2-4-18(23)10-12-25-13-11-20-14-24-19(15-26(20,25)32-25)16-28-30(24)22-8-6-21(27)7-9-22/h2-9,14,16H,10-13,15H2,1H3,(H,29,31)/t25-,26?/m0/s1. The minimum atomic E-state index is -0.251. The molecule has 6 heteroatoms. The maximum atomic E-state index is 13.3. The first-order valence-corrected chi connectivity index (χ1v) is 11.1. The Morgan fingerprint density at radius 2 is 2.03 bits per heavy atom. The van der Waals surface area contributed by atoms with Gasteiger partial charge in [0.05, 0.1) is 17.6 Å². The van der Waals surface area contributed by atoms with Crippen molar-refractivity contribution < 1.29 is 13.9 Å². The summed E-state index contributed by atoms with van der Waals surface area (Å²) in [5.74, 6) is -0.307. The number of para-hydroxylation sites is 1. The number of anilines is 1. The second kappa shape index (κ2) is 6.87. The zero-order valence-electron chi connectivity index (χ0n) is 17.9. The molecular weight excluding hydrogens is 405 g/mol. The Balaban J connectivity index is 1.25. The van der Waals surface area contributed by atoms with E-state index in [0.29, 0.717) is 0 Å². The van der Waals surface area contributed by atoms with E-state index in [1.165, 1.54) is 30.2 Å². The first-order valence-electron chi connectivity index (χ1n) is 11.1. The zero-order valence-corrected chi connectivity index (χ0v) is 17.9. The van der Waals surface area contributed by atoms with Crippen LogP contribution in [0.4, 0.5) is 10.1 Å². The number of halogens is 1. The van der Waals surface area contributed by atoms with Crippen molar-refractivity contribution in [3.05, 3.63) is 82.9 Å². The van der Waals surface area contributed by atoms with Gasteiger partial charge < -0.3 is 10.1 Å². The molecule has 0 radical (unpaired) electrons. The Hall–Kier alpha value is -3.25. The average Bonchev–Trinajstić information content (AvgIpc) is 3.06. The fourth-order valence-corrected chi connectivity index (χ4v) is 5.62. The molecule has 32 heavy (non-hydrogen) atoms. The molecule has 1 saturated heterocycles. The lowest BCUT2D eigenvalue weighted by Crippen LogP contribution is -2.27. The van der Waals surface area contributed by atoms with E-state index in [-0.39, 0.29) is 22.9 Å². The van der Waals surface area contributed by atoms with Crippen molar-refractivity contribution in [1.29, 1.82) is 0 Å². The van der Waals surface area contributed by atoms with Gasteiger partial charge in [-0.25, -0.2) is 9.07 Å². The van der Waals surface area contributed by atoms with E-state index in [1.54, 1.807) is 12.1 Å². The molecule has 2 heterocycles. The smallest absolute Gasteiger partial charge is 0.221 e. The molecule has 2 aliphatic carbocycles. The van der Waals surface area contributed by atoms with Crippen LogP contribution in [-0.2, 0) is 22.4 Å². The fraction of sp³-hybridized carbons (Fsp3) is 0.308. The van der Waals surface area contributed by atoms with Gasteiger partial charge in [-0.05, 0) is 73.2 Å². The third-order valence-electron chi connectivity index (χ3n) is 7.21. The van der Waals surface area contributed by atoms with Gasteiger partial charge in [-0.3, -0.25) is 4.79 Å². The number of epoxide rings is 1. The summed E-state index contributed by atoms with van der Waals surface area (Å²) in [7, 11) is 0. The van der Waals surface area contributed by atoms with Crippen LogP contribution in [0, 0.1) is 5.82 Å². The molecule has 1 amide bonds. The summed E-state index contributed by atoms with van der Waals surface area (Å²) in [4.78, 5) is 11.6. The number of rotatable bonds is 5. The maximum absolute atomic E-state index is 13.3. The Labute approximate surface area is 185 Å². The van der Waals surface area contributed by atoms with Gasteiger partial charge in [-0.1, -0.05) is 18.2 Å². The third-order valence-corrected chi connectivity index (χ3v) is 7.21. The highest BCUT2D eigenvalue weighted by Crippen LogP contribution is 2.67. The summed E-state index contributed by atoms with van der Waals surface area (Å²) in [6.45, 7) is 1.54. The predicted octanol–water partition coefficient (Wildman–Crippen LogP) is 4.84. The molecule has 0 bridgehead atoms. The van der Waals surface area contributed by atoms with Crippen molar-refractivity contribution in [2.24, 2.45) is 0 Å². The molecule has 1 aliphatic heterocycles. The molecule has 1 aromatic heterocycles. The normalized spacial score (nSPS) is 24.9. The molecule has 162 valence electrons. The zero-order chi connectivity index (χ0) is 21.9. The van der Waals surface area contributed by atoms with Crippen molar-refractivity contribution in [2.75, 3.05) is 5.32 Å². The van der Waals surface area contributed by atoms with E-state index >= 15 is 0 Å². The molecule has 1 saturated carbocycles. The SMILES string of the molecule is CC(=O)Nc1ccccc1CC[C@]12CCC3=Cc4c(cnn4-c4ccc(F)cc4)CC31O2. The Morgan fingerprint density at radius 1 is 1.22 bits per heavy atom. The molecule has 3 aromatic rings. The summed E-state index contributed by atoms with van der Waals surface area (Å²) in [6, 6.07) is 14.4. The molecule has 1 N–H and O–H groups in total. The summed E-state index contributed by atoms with van der Waals surface area (Å²) < 4.78 is 21.8. The lowest BCUT2D eigenvalue weighted by atomic mass is 9.81. The number of benzene rings is 2. The van der Waals surface area contributed by atoms with Crippen LogP contribution in [0.3, 0.4) is 0 Å². The number of amides is 1. The second-order valence-electron chi connectivity index (χ2n) is 9.05. The number of aromatic nitrogens is 2. The molecule has 5 nitrogen and oxygen atoms in total. The summed E-state index contributed by atoms with van der Waals surface area (Å²) in [5, 5.41) is 7.52. The molecule has 6 rings (SSSR count). The molecule has 2 atom stereocenters. The average molecular weight is 429 g/mol. The number of nitrogens with one attached hydrogen (secondary N) is 1. The van der Waals surface area contributed by atoms with E-state index in [4.69, 9.17) is 4.74 Å². The van der Waals surface area contributed by atoms with E-state index in [2.05, 4.69) is 22.6 Å². The van der Waals surface area contributed by atoms with Crippen LogP contribution in [0.1, 0.15) is 43.0 Å². The molecule has 1 unspecified atom stereocenters. The van der Waals surface area contributed by atoms with Crippen LogP contribution in [0.2, 0.25) is 0 Å². The van der Waals surface area contributed by atoms with Crippen molar-refractivity contribution in [2.45, 2.75) is 50.2 Å². The van der Waals surface area contributed by atoms with Gasteiger partial charge in [0.2, 0.25) is 5.91 Å². The van der Waals surface area contributed by atoms with E-state index in [0.717, 1.165) is 54.7 Å². The second-order valence-corrected chi connectivity index (χ2v) is 9.05. The first-order chi connectivity index (χ1) is 15.5. The van der Waals surface area contributed by atoms with Crippen LogP contribution < -0.4 is 5.32 Å². The van der Waals surface area contributed by atoms with Crippen molar-refractivity contribution in [1.82, 2.24) is 9.78 Å². The van der Waals surface area contributed by atoms with Crippen LogP contribution >= 0.6 is 0 Å². The number of nitrogens with zero attached hydrogens (tertiary/aromatic N) is 2. The Kier molecular flexibility index (Phi) is 4.17. The number of aryl methyl sites for hydroxylation is 1. The number of carbonyl (C=O) groups is 1. The minimum absolute atomic E-state index is 0.0567. The van der Waals surface area contributed by atoms with Crippen molar-refractivity contribution in [3.63, 3.8) is 0 Å². The molecule has 2 aromatic carbocycles. The van der Waals surface area contributed by atoms with Gasteiger partial charge in [-0.2, -0.15) is 5.10 Å². The van der Waals surface area contributed by atoms with Gasteiger partial charge in [0, 0.05) is 24.6 Å². The summed E-state index contributed by atoms with van der Waals surface area (Å²) in [6.07, 6.45) is 8.77. The first kappa shape index (κ1) is 19.4. The van der Waals surface area contributed by atoms with E-state index < -0.39 is 0 Å². The monoisotopic (exact) mass is 429 g/mol. The van der Waals surface area contributed by atoms with Gasteiger partial charge in [-0.15, -0.1) is 0 Å². The largest absolute Gasteiger partial charge is 0.357 e. The lowest BCUT2D eigenvalue weighted by Gasteiger charge is -2.20. The molecular formula is C26H24FN3O2. The highest BCUT2D eigenvalue weighted by Gasteiger charge is 2.74. The topological polar surface area (TPSA) is 59.5 Å². The predicted molar refractivity (Wildman–Crippen MR) is 120 cm³/mol.